The van der Waals surface area contributed by atoms with E-state index in [-0.39, 0.29) is 0 Å². The fourth-order valence-corrected chi connectivity index (χ4v) is 5.84. The van der Waals surface area contributed by atoms with Crippen LogP contribution in [0.5, 0.6) is 0 Å². The lowest BCUT2D eigenvalue weighted by molar-refractivity contribution is 0.459. The molecule has 1 aliphatic carbocycles. The highest BCUT2D eigenvalue weighted by Crippen LogP contribution is 2.36. The molecule has 4 aromatic rings. The normalized spacial score (nSPS) is 17.5. The molecule has 6 rings (SSSR count). The number of nitrogens with zero attached hydrogens (tertiary/aromatic N) is 4. The summed E-state index contributed by atoms with van der Waals surface area (Å²) >= 11 is 1.71. The molecule has 8 nitrogen and oxygen atoms in total. The second kappa shape index (κ2) is 10.1. The van der Waals surface area contributed by atoms with E-state index in [4.69, 9.17) is 16.1 Å². The van der Waals surface area contributed by atoms with Gasteiger partial charge in [0.25, 0.3) is 0 Å². The van der Waals surface area contributed by atoms with Crippen LogP contribution in [-0.4, -0.2) is 38.4 Å². The lowest BCUT2D eigenvalue weighted by Crippen LogP contribution is -2.26. The van der Waals surface area contributed by atoms with Crippen molar-refractivity contribution in [2.24, 2.45) is 0 Å². The summed E-state index contributed by atoms with van der Waals surface area (Å²) in [7, 11) is 0. The highest BCUT2D eigenvalue weighted by molar-refractivity contribution is 7.10. The molecule has 1 fully saturated rings. The van der Waals surface area contributed by atoms with E-state index in [9.17, 15) is 0 Å². The van der Waals surface area contributed by atoms with Crippen molar-refractivity contribution in [3.63, 3.8) is 0 Å². The molecule has 1 aliphatic heterocycles. The molecule has 0 atom stereocenters. The molecule has 0 amide bonds. The number of rotatable bonds is 6. The van der Waals surface area contributed by atoms with Crippen LogP contribution in [0.15, 0.2) is 78.1 Å². The summed E-state index contributed by atoms with van der Waals surface area (Å²) in [6.45, 7) is 2.77. The molecule has 1 saturated heterocycles. The van der Waals surface area contributed by atoms with E-state index in [0.29, 0.717) is 24.0 Å². The molecule has 0 saturated carbocycles. The van der Waals surface area contributed by atoms with E-state index in [2.05, 4.69) is 44.3 Å². The number of allylic oxidation sites excluding steroid dienone is 5. The Bertz CT molecular complexity index is 1540. The minimum absolute atomic E-state index is 0.400. The molecule has 186 valence electrons. The zero-order valence-corrected chi connectivity index (χ0v) is 21.1. The van der Waals surface area contributed by atoms with Gasteiger partial charge < -0.3 is 21.8 Å². The largest absolute Gasteiger partial charge is 0.386 e. The van der Waals surface area contributed by atoms with Gasteiger partial charge in [-0.25, -0.2) is 14.5 Å². The van der Waals surface area contributed by atoms with Crippen LogP contribution in [-0.2, 0) is 6.54 Å². The predicted molar refractivity (Wildman–Crippen MR) is 150 cm³/mol. The average molecular weight is 509 g/mol. The van der Waals surface area contributed by atoms with Gasteiger partial charge in [0, 0.05) is 35.2 Å². The van der Waals surface area contributed by atoms with E-state index >= 15 is 0 Å². The first-order valence-electron chi connectivity index (χ1n) is 12.4. The third kappa shape index (κ3) is 4.71. The third-order valence-corrected chi connectivity index (χ3v) is 7.83. The van der Waals surface area contributed by atoms with Crippen molar-refractivity contribution in [2.75, 3.05) is 18.8 Å². The van der Waals surface area contributed by atoms with E-state index in [1.165, 1.54) is 16.9 Å². The molecule has 3 aromatic heterocycles. The second-order valence-corrected chi connectivity index (χ2v) is 10.1. The number of aromatic nitrogens is 4. The van der Waals surface area contributed by atoms with Gasteiger partial charge in [0.2, 0.25) is 0 Å². The predicted octanol–water partition coefficient (Wildman–Crippen LogP) is 4.55. The standard InChI is InChI=1S/C28H28N8S/c29-23-12-20(6-7-21(23)15-32-14-18-4-2-1-3-5-18)22-13-25(36-26(22)27(30)33-17-34-36)24-16-37-28(35-24)19-8-10-31-11-9-19/h1-7,12-13,15-17,19,29,31-32H,8-11,14H2,(H2,30,33,34)/b21-15-,29-23?. The van der Waals surface area contributed by atoms with Crippen LogP contribution in [0.1, 0.15) is 34.9 Å². The van der Waals surface area contributed by atoms with Crippen molar-refractivity contribution in [3.05, 3.63) is 94.2 Å². The summed E-state index contributed by atoms with van der Waals surface area (Å²) in [4.78, 5) is 9.25. The Morgan fingerprint density at radius 3 is 2.84 bits per heavy atom. The number of hydrogen-bond acceptors (Lipinski definition) is 8. The SMILES string of the molecule is N=C1C=C(c2cc(-c3csc(C4CCNCC4)n3)n3ncnc(N)c23)C=C/C1=C/NCc1ccccc1. The van der Waals surface area contributed by atoms with Crippen LogP contribution < -0.4 is 16.4 Å². The minimum atomic E-state index is 0.400. The number of nitrogens with one attached hydrogen (secondary N) is 3. The van der Waals surface area contributed by atoms with Crippen molar-refractivity contribution < 1.29 is 0 Å². The van der Waals surface area contributed by atoms with E-state index in [0.717, 1.165) is 59.5 Å². The molecule has 5 N–H and O–H groups in total. The Hall–Kier alpha value is -4.08. The molecule has 4 heterocycles. The number of fused-ring (bicyclic) bond motifs is 1. The van der Waals surface area contributed by atoms with E-state index < -0.39 is 0 Å². The number of thiazole rings is 1. The van der Waals surface area contributed by atoms with Gasteiger partial charge in [-0.1, -0.05) is 42.5 Å². The van der Waals surface area contributed by atoms with Crippen molar-refractivity contribution in [3.8, 4) is 11.4 Å². The number of piperidine rings is 1. The van der Waals surface area contributed by atoms with Gasteiger partial charge in [0.05, 0.1) is 22.1 Å². The average Bonchev–Trinajstić information content (AvgIpc) is 3.57. The van der Waals surface area contributed by atoms with Gasteiger partial charge >= 0.3 is 0 Å². The third-order valence-electron chi connectivity index (χ3n) is 6.83. The van der Waals surface area contributed by atoms with Crippen LogP contribution in [0.25, 0.3) is 22.5 Å². The molecule has 0 bridgehead atoms. The van der Waals surface area contributed by atoms with Gasteiger partial charge in [-0.2, -0.15) is 5.10 Å². The maximum atomic E-state index is 8.64. The molecule has 2 aliphatic rings. The Kier molecular flexibility index (Phi) is 6.38. The number of hydrogen-bond donors (Lipinski definition) is 4. The Labute approximate surface area is 219 Å². The van der Waals surface area contributed by atoms with Crippen LogP contribution >= 0.6 is 11.3 Å². The molecule has 1 aromatic carbocycles. The maximum absolute atomic E-state index is 8.64. The molecule has 9 heteroatoms. The van der Waals surface area contributed by atoms with Crippen LogP contribution in [0.4, 0.5) is 5.82 Å². The fourth-order valence-electron chi connectivity index (χ4n) is 4.86. The van der Waals surface area contributed by atoms with Gasteiger partial charge in [-0.05, 0) is 49.2 Å². The van der Waals surface area contributed by atoms with E-state index in [1.54, 1.807) is 11.3 Å². The van der Waals surface area contributed by atoms with Crippen molar-refractivity contribution in [1.82, 2.24) is 30.2 Å². The Morgan fingerprint density at radius 1 is 1.19 bits per heavy atom. The molecular weight excluding hydrogens is 480 g/mol. The quantitative estimate of drug-likeness (QED) is 0.304. The van der Waals surface area contributed by atoms with Crippen LogP contribution in [0.3, 0.4) is 0 Å². The second-order valence-electron chi connectivity index (χ2n) is 9.26. The summed E-state index contributed by atoms with van der Waals surface area (Å²) in [5.74, 6) is 0.896. The molecule has 0 radical (unpaired) electrons. The zero-order chi connectivity index (χ0) is 25.2. The van der Waals surface area contributed by atoms with Gasteiger partial charge in [-0.3, -0.25) is 0 Å². The molecule has 0 spiro atoms. The van der Waals surface area contributed by atoms with Crippen molar-refractivity contribution >= 4 is 34.0 Å². The van der Waals surface area contributed by atoms with Gasteiger partial charge in [0.1, 0.15) is 11.8 Å². The number of anilines is 1. The van der Waals surface area contributed by atoms with Crippen LogP contribution in [0.2, 0.25) is 0 Å². The first-order chi connectivity index (χ1) is 18.2. The highest BCUT2D eigenvalue weighted by atomic mass is 32.1. The number of nitrogens with two attached hydrogens (primary N) is 1. The van der Waals surface area contributed by atoms with Crippen molar-refractivity contribution in [2.45, 2.75) is 25.3 Å². The summed E-state index contributed by atoms with van der Waals surface area (Å²) in [6.07, 6.45) is 11.4. The monoisotopic (exact) mass is 508 g/mol. The zero-order valence-electron chi connectivity index (χ0n) is 20.3. The summed E-state index contributed by atoms with van der Waals surface area (Å²) in [5.41, 5.74) is 13.1. The summed E-state index contributed by atoms with van der Waals surface area (Å²) in [5, 5.41) is 23.2. The summed E-state index contributed by atoms with van der Waals surface area (Å²) in [6, 6.07) is 12.3. The number of nitrogen functional groups attached to an aromatic ring is 1. The topological polar surface area (TPSA) is 117 Å². The molecule has 0 unspecified atom stereocenters. The van der Waals surface area contributed by atoms with Gasteiger partial charge in [-0.15, -0.1) is 11.3 Å². The van der Waals surface area contributed by atoms with Gasteiger partial charge in [0.15, 0.2) is 5.82 Å². The van der Waals surface area contributed by atoms with E-state index in [1.807, 2.05) is 47.1 Å². The lowest BCUT2D eigenvalue weighted by Gasteiger charge is -2.20. The summed E-state index contributed by atoms with van der Waals surface area (Å²) < 4.78 is 1.82. The molecular formula is C28H28N8S. The number of benzene rings is 1. The smallest absolute Gasteiger partial charge is 0.152 e. The lowest BCUT2D eigenvalue weighted by atomic mass is 9.96. The Morgan fingerprint density at radius 2 is 2.03 bits per heavy atom. The molecule has 37 heavy (non-hydrogen) atoms. The van der Waals surface area contributed by atoms with Crippen LogP contribution in [0, 0.1) is 5.41 Å². The minimum Gasteiger partial charge on any atom is -0.386 e. The maximum Gasteiger partial charge on any atom is 0.152 e. The van der Waals surface area contributed by atoms with Crippen molar-refractivity contribution in [1.29, 1.82) is 5.41 Å². The Balaban J connectivity index is 1.29. The highest BCUT2D eigenvalue weighted by Gasteiger charge is 2.23. The fraction of sp³-hybridized carbons (Fsp3) is 0.214. The first kappa shape index (κ1) is 23.3. The first-order valence-corrected chi connectivity index (χ1v) is 13.3.